The topological polar surface area (TPSA) is 78.5 Å². The van der Waals surface area contributed by atoms with Crippen LogP contribution in [0.5, 0.6) is 0 Å². The summed E-state index contributed by atoms with van der Waals surface area (Å²) in [6, 6.07) is 11.8. The third-order valence-corrected chi connectivity index (χ3v) is 8.91. The molecule has 6 nitrogen and oxygen atoms in total. The van der Waals surface area contributed by atoms with Gasteiger partial charge in [0.25, 0.3) is 5.91 Å². The highest BCUT2D eigenvalue weighted by Gasteiger charge is 2.43. The van der Waals surface area contributed by atoms with Gasteiger partial charge in [0.15, 0.2) is 5.78 Å². The molecule has 1 unspecified atom stereocenters. The van der Waals surface area contributed by atoms with Crippen LogP contribution in [-0.4, -0.2) is 42.3 Å². The van der Waals surface area contributed by atoms with Crippen LogP contribution < -0.4 is 15.5 Å². The van der Waals surface area contributed by atoms with Gasteiger partial charge in [0.2, 0.25) is 5.91 Å². The van der Waals surface area contributed by atoms with E-state index in [4.69, 9.17) is 11.6 Å². The maximum absolute atomic E-state index is 13.6. The second kappa shape index (κ2) is 10.8. The number of carbonyl (C=O) groups excluding carboxylic acids is 3. The largest absolute Gasteiger partial charge is 0.416 e. The Morgan fingerprint density at radius 2 is 1.79 bits per heavy atom. The van der Waals surface area contributed by atoms with Gasteiger partial charge in [-0.1, -0.05) is 49.1 Å². The number of rotatable bonds is 5. The summed E-state index contributed by atoms with van der Waals surface area (Å²) < 4.78 is 40.0. The number of nitrogens with zero attached hydrogens (tertiary/aromatic N) is 1. The number of anilines is 1. The molecule has 0 spiro atoms. The Kier molecular flexibility index (Phi) is 7.61. The van der Waals surface area contributed by atoms with E-state index < -0.39 is 23.3 Å². The van der Waals surface area contributed by atoms with Gasteiger partial charge < -0.3 is 15.5 Å². The molecule has 1 saturated carbocycles. The van der Waals surface area contributed by atoms with Gasteiger partial charge in [0.1, 0.15) is 5.54 Å². The molecule has 3 aromatic rings. The fraction of sp³-hybridized carbons (Fsp3) is 0.393. The molecule has 5 rings (SSSR count). The maximum atomic E-state index is 13.6. The average Bonchev–Trinajstić information content (AvgIpc) is 3.34. The number of Topliss-reactive ketones (excluding diaryl/α,β-unsaturated/α-hetero) is 1. The maximum Gasteiger partial charge on any atom is 0.416 e. The van der Waals surface area contributed by atoms with Crippen molar-refractivity contribution in [1.82, 2.24) is 10.6 Å². The zero-order valence-corrected chi connectivity index (χ0v) is 22.5. The van der Waals surface area contributed by atoms with Crippen LogP contribution in [0, 0.1) is 0 Å². The molecule has 2 aromatic carbocycles. The summed E-state index contributed by atoms with van der Waals surface area (Å²) in [4.78, 5) is 42.0. The van der Waals surface area contributed by atoms with E-state index in [0.29, 0.717) is 30.0 Å². The minimum Gasteiger partial charge on any atom is -0.363 e. The zero-order chi connectivity index (χ0) is 27.8. The first kappa shape index (κ1) is 27.5. The van der Waals surface area contributed by atoms with Crippen molar-refractivity contribution in [3.05, 3.63) is 64.0 Å². The lowest BCUT2D eigenvalue weighted by molar-refractivity contribution is -0.137. The molecule has 2 aliphatic rings. The third-order valence-electron chi connectivity index (χ3n) is 7.49. The molecule has 1 aliphatic carbocycles. The van der Waals surface area contributed by atoms with Crippen LogP contribution in [-0.2, 0) is 15.8 Å². The van der Waals surface area contributed by atoms with E-state index in [0.717, 1.165) is 41.5 Å². The summed E-state index contributed by atoms with van der Waals surface area (Å²) >= 11 is 7.49. The minimum atomic E-state index is -4.52. The second-order valence-corrected chi connectivity index (χ2v) is 11.6. The van der Waals surface area contributed by atoms with Crippen molar-refractivity contribution in [2.24, 2.45) is 0 Å². The fourth-order valence-electron chi connectivity index (χ4n) is 5.35. The van der Waals surface area contributed by atoms with E-state index in [1.54, 1.807) is 4.90 Å². The number of amides is 2. The van der Waals surface area contributed by atoms with E-state index >= 15 is 0 Å². The quantitative estimate of drug-likeness (QED) is 0.392. The molecule has 39 heavy (non-hydrogen) atoms. The molecular weight excluding hydrogens is 551 g/mol. The number of thiophene rings is 1. The number of benzene rings is 2. The van der Waals surface area contributed by atoms with Gasteiger partial charge in [-0.3, -0.25) is 14.4 Å². The van der Waals surface area contributed by atoms with E-state index in [2.05, 4.69) is 10.6 Å². The molecule has 206 valence electrons. The van der Waals surface area contributed by atoms with Gasteiger partial charge in [-0.05, 0) is 55.0 Å². The number of hydrogen-bond acceptors (Lipinski definition) is 5. The van der Waals surface area contributed by atoms with Crippen molar-refractivity contribution >= 4 is 56.3 Å². The van der Waals surface area contributed by atoms with Crippen molar-refractivity contribution in [2.45, 2.75) is 56.3 Å². The molecule has 2 heterocycles. The van der Waals surface area contributed by atoms with Crippen molar-refractivity contribution in [3.8, 4) is 0 Å². The average molecular weight is 578 g/mol. The normalized spacial score (nSPS) is 19.6. The Balaban J connectivity index is 1.27. The fourth-order valence-corrected chi connectivity index (χ4v) is 6.61. The van der Waals surface area contributed by atoms with E-state index in [1.165, 1.54) is 17.4 Å². The molecule has 0 radical (unpaired) electrons. The molecule has 2 amide bonds. The number of fused-ring (bicyclic) bond motifs is 1. The van der Waals surface area contributed by atoms with Crippen LogP contribution >= 0.6 is 22.9 Å². The summed E-state index contributed by atoms with van der Waals surface area (Å²) in [6.45, 7) is 0.222. The van der Waals surface area contributed by atoms with Gasteiger partial charge in [0, 0.05) is 11.2 Å². The monoisotopic (exact) mass is 577 g/mol. The first-order valence-corrected chi connectivity index (χ1v) is 14.0. The van der Waals surface area contributed by atoms with Crippen LogP contribution in [0.1, 0.15) is 53.8 Å². The molecule has 1 aliphatic heterocycles. The van der Waals surface area contributed by atoms with Gasteiger partial charge in [0.05, 0.1) is 33.7 Å². The van der Waals surface area contributed by atoms with Crippen LogP contribution in [0.25, 0.3) is 10.1 Å². The number of piperidine rings is 1. The predicted octanol–water partition coefficient (Wildman–Crippen LogP) is 5.97. The van der Waals surface area contributed by atoms with Crippen molar-refractivity contribution in [1.29, 1.82) is 0 Å². The molecule has 2 N–H and O–H groups in total. The van der Waals surface area contributed by atoms with Crippen molar-refractivity contribution in [2.75, 3.05) is 18.0 Å². The zero-order valence-electron chi connectivity index (χ0n) is 20.9. The first-order valence-electron chi connectivity index (χ1n) is 12.8. The lowest BCUT2D eigenvalue weighted by atomic mass is 9.80. The van der Waals surface area contributed by atoms with Gasteiger partial charge >= 0.3 is 6.18 Å². The molecular formula is C28H27ClF3N3O3S. The first-order chi connectivity index (χ1) is 18.6. The third kappa shape index (κ3) is 5.77. The summed E-state index contributed by atoms with van der Waals surface area (Å²) in [5.41, 5.74) is -1.64. The Morgan fingerprint density at radius 3 is 2.46 bits per heavy atom. The van der Waals surface area contributed by atoms with Crippen molar-refractivity contribution in [3.63, 3.8) is 0 Å². The van der Waals surface area contributed by atoms with Crippen molar-refractivity contribution < 1.29 is 27.6 Å². The Morgan fingerprint density at radius 1 is 1.05 bits per heavy atom. The van der Waals surface area contributed by atoms with Gasteiger partial charge in [-0.15, -0.1) is 11.3 Å². The molecule has 1 saturated heterocycles. The highest BCUT2D eigenvalue weighted by molar-refractivity contribution is 7.20. The van der Waals surface area contributed by atoms with Crippen LogP contribution in [0.4, 0.5) is 18.9 Å². The molecule has 1 atom stereocenters. The summed E-state index contributed by atoms with van der Waals surface area (Å²) in [5, 5.41) is 6.74. The highest BCUT2D eigenvalue weighted by atomic mass is 35.5. The summed E-state index contributed by atoms with van der Waals surface area (Å²) in [6.07, 6.45) is -0.789. The van der Waals surface area contributed by atoms with Gasteiger partial charge in [-0.25, -0.2) is 0 Å². The lowest BCUT2D eigenvalue weighted by Gasteiger charge is -2.39. The Bertz CT molecular complexity index is 1380. The van der Waals surface area contributed by atoms with E-state index in [-0.39, 0.29) is 35.6 Å². The predicted molar refractivity (Wildman–Crippen MR) is 145 cm³/mol. The number of carbonyl (C=O) groups is 3. The molecule has 1 aromatic heterocycles. The molecule has 2 fully saturated rings. The van der Waals surface area contributed by atoms with E-state index in [9.17, 15) is 27.6 Å². The summed E-state index contributed by atoms with van der Waals surface area (Å²) in [5.74, 6) is -0.963. The SMILES string of the molecule is O=C(NC1(C(=O)NC2CCN(c3ccc(C(F)(F)F)cc3Cl)CC2=O)CCCCC1)c1cc2ccccc2s1. The lowest BCUT2D eigenvalue weighted by Crippen LogP contribution is -2.63. The summed E-state index contributed by atoms with van der Waals surface area (Å²) in [7, 11) is 0. The standard InChI is InChI=1S/C28H27ClF3N3O3S/c29-19-15-18(28(30,31)32)8-9-21(19)35-13-10-20(22(36)16-35)33-26(38)27(11-4-1-5-12-27)34-25(37)24-14-17-6-2-3-7-23(17)39-24/h2-3,6-9,14-15,20H,1,4-5,10-13,16H2,(H,33,38)(H,34,37). The number of hydrogen-bond donors (Lipinski definition) is 2. The van der Waals surface area contributed by atoms with Gasteiger partial charge in [-0.2, -0.15) is 13.2 Å². The van der Waals surface area contributed by atoms with E-state index in [1.807, 2.05) is 30.3 Å². The minimum absolute atomic E-state index is 0.0924. The number of alkyl halides is 3. The van der Waals surface area contributed by atoms with Crippen LogP contribution in [0.15, 0.2) is 48.5 Å². The van der Waals surface area contributed by atoms with Crippen LogP contribution in [0.3, 0.4) is 0 Å². The Labute approximate surface area is 232 Å². The number of ketones is 1. The highest BCUT2D eigenvalue weighted by Crippen LogP contribution is 2.36. The molecule has 0 bridgehead atoms. The Hall–Kier alpha value is -3.11. The van der Waals surface area contributed by atoms with Crippen LogP contribution in [0.2, 0.25) is 5.02 Å². The second-order valence-electron chi connectivity index (χ2n) is 10.1. The smallest absolute Gasteiger partial charge is 0.363 e. The number of nitrogens with one attached hydrogen (secondary N) is 2. The molecule has 11 heteroatoms. The number of halogens is 4.